The van der Waals surface area contributed by atoms with Crippen LogP contribution in [-0.2, 0) is 23.0 Å². The van der Waals surface area contributed by atoms with Gasteiger partial charge in [-0.2, -0.15) is 0 Å². The van der Waals surface area contributed by atoms with E-state index >= 15 is 0 Å². The molecule has 30 heavy (non-hydrogen) atoms. The lowest BCUT2D eigenvalue weighted by molar-refractivity contribution is 0.391. The number of sulfonamides is 1. The Labute approximate surface area is 195 Å². The number of aliphatic imine (C=N–C) groups is 1. The maximum Gasteiger partial charge on any atom is 0.238 e. The number of benzene rings is 2. The highest BCUT2D eigenvalue weighted by Gasteiger charge is 2.07. The Balaban J connectivity index is 0.00000450. The fraction of sp³-hybridized carbons (Fsp3) is 0.350. The van der Waals surface area contributed by atoms with Crippen molar-refractivity contribution in [2.24, 2.45) is 10.1 Å². The van der Waals surface area contributed by atoms with Gasteiger partial charge in [0, 0.05) is 24.7 Å². The zero-order chi connectivity index (χ0) is 21.3. The number of nitrogens with one attached hydrogen (secondary N) is 2. The lowest BCUT2D eigenvalue weighted by Gasteiger charge is -2.13. The molecule has 0 radical (unpaired) electrons. The summed E-state index contributed by atoms with van der Waals surface area (Å²) >= 11 is 0. The van der Waals surface area contributed by atoms with Crippen LogP contribution >= 0.6 is 24.0 Å². The van der Waals surface area contributed by atoms with Gasteiger partial charge in [-0.1, -0.05) is 12.1 Å². The Kier molecular flexibility index (Phi) is 10.9. The Morgan fingerprint density at radius 2 is 1.77 bits per heavy atom. The van der Waals surface area contributed by atoms with Crippen LogP contribution in [-0.4, -0.2) is 41.7 Å². The van der Waals surface area contributed by atoms with Crippen LogP contribution in [0.2, 0.25) is 0 Å². The number of nitrogens with zero attached hydrogens (tertiary/aromatic N) is 1. The molecule has 0 spiro atoms. The molecule has 0 aliphatic carbocycles. The van der Waals surface area contributed by atoms with Crippen LogP contribution in [0.3, 0.4) is 0 Å². The van der Waals surface area contributed by atoms with E-state index in [0.717, 1.165) is 29.2 Å². The van der Waals surface area contributed by atoms with Gasteiger partial charge in [0.05, 0.1) is 25.7 Å². The normalized spacial score (nSPS) is 11.4. The van der Waals surface area contributed by atoms with E-state index in [4.69, 9.17) is 14.6 Å². The van der Waals surface area contributed by atoms with Gasteiger partial charge in [-0.05, 0) is 43.2 Å². The van der Waals surface area contributed by atoms with E-state index in [-0.39, 0.29) is 28.9 Å². The molecule has 0 bridgehead atoms. The number of hydrogen-bond acceptors (Lipinski definition) is 5. The second kappa shape index (κ2) is 12.6. The van der Waals surface area contributed by atoms with Crippen molar-refractivity contribution >= 4 is 40.0 Å². The molecule has 0 atom stereocenters. The summed E-state index contributed by atoms with van der Waals surface area (Å²) in [6.45, 7) is 3.82. The smallest absolute Gasteiger partial charge is 0.238 e. The van der Waals surface area contributed by atoms with Crippen molar-refractivity contribution in [3.05, 3.63) is 53.6 Å². The summed E-state index contributed by atoms with van der Waals surface area (Å²) in [5, 5.41) is 11.6. The van der Waals surface area contributed by atoms with E-state index < -0.39 is 10.0 Å². The third-order valence-electron chi connectivity index (χ3n) is 4.20. The maximum absolute atomic E-state index is 11.3. The van der Waals surface area contributed by atoms with Crippen LogP contribution in [0, 0.1) is 0 Å². The second-order valence-electron chi connectivity index (χ2n) is 6.24. The highest BCUT2D eigenvalue weighted by Crippen LogP contribution is 2.25. The predicted octanol–water partition coefficient (Wildman–Crippen LogP) is 2.27. The molecule has 4 N–H and O–H groups in total. The van der Waals surface area contributed by atoms with E-state index in [0.29, 0.717) is 25.5 Å². The van der Waals surface area contributed by atoms with Gasteiger partial charge < -0.3 is 20.1 Å². The number of nitrogens with two attached hydrogens (primary N) is 1. The van der Waals surface area contributed by atoms with Gasteiger partial charge in [-0.15, -0.1) is 24.0 Å². The minimum Gasteiger partial charge on any atom is -0.497 e. The highest BCUT2D eigenvalue weighted by atomic mass is 127. The Morgan fingerprint density at radius 3 is 2.33 bits per heavy atom. The minimum atomic E-state index is -3.67. The van der Waals surface area contributed by atoms with Crippen molar-refractivity contribution in [3.8, 4) is 11.5 Å². The Hall–Kier alpha value is -2.05. The van der Waals surface area contributed by atoms with Gasteiger partial charge in [0.2, 0.25) is 10.0 Å². The first-order valence-corrected chi connectivity index (χ1v) is 10.8. The van der Waals surface area contributed by atoms with Crippen LogP contribution < -0.4 is 25.2 Å². The summed E-state index contributed by atoms with van der Waals surface area (Å²) in [6.07, 6.45) is 0.709. The molecule has 0 saturated carbocycles. The lowest BCUT2D eigenvalue weighted by Crippen LogP contribution is -2.38. The molecule has 0 unspecified atom stereocenters. The Morgan fingerprint density at radius 1 is 1.07 bits per heavy atom. The summed E-state index contributed by atoms with van der Waals surface area (Å²) < 4.78 is 33.3. The third kappa shape index (κ3) is 8.00. The monoisotopic (exact) mass is 548 g/mol. The molecule has 166 valence electrons. The summed E-state index contributed by atoms with van der Waals surface area (Å²) in [6, 6.07) is 12.2. The predicted molar refractivity (Wildman–Crippen MR) is 129 cm³/mol. The zero-order valence-electron chi connectivity index (χ0n) is 17.3. The van der Waals surface area contributed by atoms with Gasteiger partial charge in [-0.25, -0.2) is 18.5 Å². The summed E-state index contributed by atoms with van der Waals surface area (Å²) in [5.41, 5.74) is 1.95. The lowest BCUT2D eigenvalue weighted by atomic mass is 10.1. The molecule has 10 heteroatoms. The molecule has 0 aliphatic heterocycles. The largest absolute Gasteiger partial charge is 0.497 e. The van der Waals surface area contributed by atoms with Gasteiger partial charge in [0.25, 0.3) is 0 Å². The molecule has 2 rings (SSSR count). The van der Waals surface area contributed by atoms with E-state index in [1.54, 1.807) is 26.4 Å². The number of hydrogen-bond donors (Lipinski definition) is 3. The topological polar surface area (TPSA) is 115 Å². The fourth-order valence-electron chi connectivity index (χ4n) is 2.66. The molecule has 0 amide bonds. The van der Waals surface area contributed by atoms with E-state index in [9.17, 15) is 8.42 Å². The van der Waals surface area contributed by atoms with Crippen LogP contribution in [0.25, 0.3) is 0 Å². The van der Waals surface area contributed by atoms with Gasteiger partial charge >= 0.3 is 0 Å². The SMILES string of the molecule is CCNC(=NCc1ccc(OC)cc1OC)NCCc1ccc(S(N)(=O)=O)cc1.I. The van der Waals surface area contributed by atoms with Gasteiger partial charge in [0.1, 0.15) is 11.5 Å². The average Bonchev–Trinajstić information content (AvgIpc) is 2.71. The molecule has 8 nitrogen and oxygen atoms in total. The molecular formula is C20H29IN4O4S. The first-order chi connectivity index (χ1) is 13.9. The van der Waals surface area contributed by atoms with E-state index in [1.807, 2.05) is 25.1 Å². The number of primary sulfonamides is 1. The first-order valence-electron chi connectivity index (χ1n) is 9.22. The second-order valence-corrected chi connectivity index (χ2v) is 7.80. The number of rotatable bonds is 9. The van der Waals surface area contributed by atoms with Gasteiger partial charge in [0.15, 0.2) is 5.96 Å². The van der Waals surface area contributed by atoms with Crippen LogP contribution in [0.15, 0.2) is 52.4 Å². The average molecular weight is 548 g/mol. The quantitative estimate of drug-likeness (QED) is 0.252. The number of halogens is 1. The number of guanidine groups is 1. The maximum atomic E-state index is 11.3. The number of ether oxygens (including phenoxy) is 2. The number of methoxy groups -OCH3 is 2. The van der Waals surface area contributed by atoms with E-state index in [1.165, 1.54) is 12.1 Å². The van der Waals surface area contributed by atoms with Crippen molar-refractivity contribution in [2.75, 3.05) is 27.3 Å². The molecule has 0 aliphatic rings. The summed E-state index contributed by atoms with van der Waals surface area (Å²) in [4.78, 5) is 4.71. The molecule has 0 fully saturated rings. The summed E-state index contributed by atoms with van der Waals surface area (Å²) in [7, 11) is -0.437. The van der Waals surface area contributed by atoms with Gasteiger partial charge in [-0.3, -0.25) is 0 Å². The molecular weight excluding hydrogens is 519 g/mol. The fourth-order valence-corrected chi connectivity index (χ4v) is 3.17. The van der Waals surface area contributed by atoms with Crippen molar-refractivity contribution in [1.82, 2.24) is 10.6 Å². The van der Waals surface area contributed by atoms with Crippen LogP contribution in [0.5, 0.6) is 11.5 Å². The first kappa shape index (κ1) is 26.0. The zero-order valence-corrected chi connectivity index (χ0v) is 20.5. The molecule has 2 aromatic rings. The van der Waals surface area contributed by atoms with Crippen molar-refractivity contribution in [1.29, 1.82) is 0 Å². The molecule has 0 heterocycles. The van der Waals surface area contributed by atoms with Crippen molar-refractivity contribution < 1.29 is 17.9 Å². The standard InChI is InChI=1S/C20H28N4O4S.HI/c1-4-22-20(24-14-16-7-8-17(27-2)13-19(16)28-3)23-12-11-15-5-9-18(10-6-15)29(21,25)26;/h5-10,13H,4,11-12,14H2,1-3H3,(H2,21,25,26)(H2,22,23,24);1H. The van der Waals surface area contributed by atoms with E-state index in [2.05, 4.69) is 15.6 Å². The molecule has 2 aromatic carbocycles. The highest BCUT2D eigenvalue weighted by molar-refractivity contribution is 14.0. The Bertz CT molecular complexity index is 934. The van der Waals surface area contributed by atoms with Crippen LogP contribution in [0.1, 0.15) is 18.1 Å². The van der Waals surface area contributed by atoms with Crippen molar-refractivity contribution in [3.63, 3.8) is 0 Å². The minimum absolute atomic E-state index is 0. The van der Waals surface area contributed by atoms with Crippen LogP contribution in [0.4, 0.5) is 0 Å². The third-order valence-corrected chi connectivity index (χ3v) is 5.13. The van der Waals surface area contributed by atoms with Crippen molar-refractivity contribution in [2.45, 2.75) is 24.8 Å². The molecule has 0 saturated heterocycles. The summed E-state index contributed by atoms with van der Waals surface area (Å²) in [5.74, 6) is 2.14. The molecule has 0 aromatic heterocycles.